The number of aryl methyl sites for hydroxylation is 1. The quantitative estimate of drug-likeness (QED) is 0.759. The van der Waals surface area contributed by atoms with Gasteiger partial charge in [0.2, 0.25) is 0 Å². The van der Waals surface area contributed by atoms with Crippen molar-refractivity contribution >= 4 is 22.6 Å². The van der Waals surface area contributed by atoms with Gasteiger partial charge in [-0.15, -0.1) is 0 Å². The second kappa shape index (κ2) is 6.37. The van der Waals surface area contributed by atoms with E-state index in [4.69, 9.17) is 4.74 Å². The smallest absolute Gasteiger partial charge is 0.322 e. The Kier molecular flexibility index (Phi) is 4.03. The molecule has 1 aromatic heterocycles. The molecule has 26 heavy (non-hydrogen) atoms. The van der Waals surface area contributed by atoms with Gasteiger partial charge in [0.05, 0.1) is 12.8 Å². The fourth-order valence-corrected chi connectivity index (χ4v) is 3.67. The number of amides is 2. The van der Waals surface area contributed by atoms with E-state index >= 15 is 0 Å². The van der Waals surface area contributed by atoms with Crippen LogP contribution >= 0.6 is 0 Å². The van der Waals surface area contributed by atoms with Crippen LogP contribution in [0.2, 0.25) is 0 Å². The highest BCUT2D eigenvalue weighted by atomic mass is 19.1. The van der Waals surface area contributed by atoms with Gasteiger partial charge in [-0.2, -0.15) is 0 Å². The van der Waals surface area contributed by atoms with Gasteiger partial charge in [0.15, 0.2) is 0 Å². The second-order valence-electron chi connectivity index (χ2n) is 6.45. The summed E-state index contributed by atoms with van der Waals surface area (Å²) < 4.78 is 21.1. The first-order valence-corrected chi connectivity index (χ1v) is 8.53. The van der Waals surface area contributed by atoms with Crippen molar-refractivity contribution in [3.05, 3.63) is 59.5 Å². The zero-order chi connectivity index (χ0) is 18.3. The third-order valence-corrected chi connectivity index (χ3v) is 5.00. The molecule has 0 fully saturated rings. The number of ether oxygens (including phenoxy) is 1. The number of fused-ring (bicyclic) bond motifs is 3. The van der Waals surface area contributed by atoms with Crippen LogP contribution in [0.3, 0.4) is 0 Å². The predicted molar refractivity (Wildman–Crippen MR) is 99.0 cm³/mol. The minimum absolute atomic E-state index is 0.187. The maximum atomic E-state index is 13.7. The number of rotatable bonds is 2. The molecular weight excluding hydrogens is 333 g/mol. The number of hydrogen-bond acceptors (Lipinski definition) is 2. The van der Waals surface area contributed by atoms with Crippen LogP contribution in [0.1, 0.15) is 11.3 Å². The fourth-order valence-electron chi connectivity index (χ4n) is 3.67. The lowest BCUT2D eigenvalue weighted by atomic mass is 10.0. The number of carbonyl (C=O) groups is 1. The Bertz CT molecular complexity index is 996. The molecule has 0 spiro atoms. The van der Waals surface area contributed by atoms with Gasteiger partial charge in [-0.05, 0) is 30.3 Å². The van der Waals surface area contributed by atoms with Crippen molar-refractivity contribution in [1.82, 2.24) is 9.47 Å². The van der Waals surface area contributed by atoms with Gasteiger partial charge in [0, 0.05) is 48.7 Å². The lowest BCUT2D eigenvalue weighted by molar-refractivity contribution is 0.206. The van der Waals surface area contributed by atoms with Gasteiger partial charge in [0.1, 0.15) is 11.6 Å². The highest BCUT2D eigenvalue weighted by Gasteiger charge is 2.26. The minimum Gasteiger partial charge on any atom is -0.495 e. The van der Waals surface area contributed by atoms with Crippen molar-refractivity contribution in [1.29, 1.82) is 0 Å². The standard InChI is InChI=1S/C20H20FN3O2/c1-23-17-8-7-13(21)11-14(17)15-12-24(10-9-18(15)23)20(25)22-16-5-3-4-6-19(16)26-2/h3-8,11H,9-10,12H2,1-2H3,(H,22,25). The lowest BCUT2D eigenvalue weighted by Gasteiger charge is -2.28. The van der Waals surface area contributed by atoms with E-state index in [-0.39, 0.29) is 11.8 Å². The topological polar surface area (TPSA) is 46.5 Å². The molecule has 2 amide bonds. The molecule has 6 heteroatoms. The molecule has 1 aliphatic heterocycles. The van der Waals surface area contributed by atoms with Crippen LogP contribution in [-0.2, 0) is 20.0 Å². The Morgan fingerprint density at radius 2 is 2.04 bits per heavy atom. The number of halogens is 1. The van der Waals surface area contributed by atoms with Crippen LogP contribution in [-0.4, -0.2) is 29.2 Å². The summed E-state index contributed by atoms with van der Waals surface area (Å²) in [6.07, 6.45) is 0.738. The number of carbonyl (C=O) groups excluding carboxylic acids is 1. The van der Waals surface area contributed by atoms with Crippen molar-refractivity contribution in [2.24, 2.45) is 7.05 Å². The molecule has 0 radical (unpaired) electrons. The number of aromatic nitrogens is 1. The maximum Gasteiger partial charge on any atom is 0.322 e. The number of urea groups is 1. The van der Waals surface area contributed by atoms with Gasteiger partial charge in [0.25, 0.3) is 0 Å². The summed E-state index contributed by atoms with van der Waals surface area (Å²) in [7, 11) is 3.56. The Morgan fingerprint density at radius 3 is 2.85 bits per heavy atom. The number of benzene rings is 2. The third kappa shape index (κ3) is 2.67. The molecule has 134 valence electrons. The molecule has 0 saturated heterocycles. The lowest BCUT2D eigenvalue weighted by Crippen LogP contribution is -2.39. The summed E-state index contributed by atoms with van der Waals surface area (Å²) in [5.74, 6) is 0.354. The van der Waals surface area contributed by atoms with Gasteiger partial charge < -0.3 is 19.5 Å². The van der Waals surface area contributed by atoms with Crippen LogP contribution in [0.25, 0.3) is 10.9 Å². The summed E-state index contributed by atoms with van der Waals surface area (Å²) in [6, 6.07) is 11.9. The Labute approximate surface area is 151 Å². The molecule has 1 N–H and O–H groups in total. The van der Waals surface area contributed by atoms with Crippen LogP contribution in [0, 0.1) is 5.82 Å². The molecule has 0 aliphatic carbocycles. The first-order chi connectivity index (χ1) is 12.6. The summed E-state index contributed by atoms with van der Waals surface area (Å²) in [5.41, 5.74) is 3.80. The largest absolute Gasteiger partial charge is 0.495 e. The summed E-state index contributed by atoms with van der Waals surface area (Å²) in [4.78, 5) is 14.5. The van der Waals surface area contributed by atoms with E-state index in [2.05, 4.69) is 9.88 Å². The summed E-state index contributed by atoms with van der Waals surface area (Å²) in [6.45, 7) is 1.07. The van der Waals surface area contributed by atoms with Gasteiger partial charge in [-0.25, -0.2) is 9.18 Å². The van der Waals surface area contributed by atoms with Crippen molar-refractivity contribution in [3.8, 4) is 5.75 Å². The molecule has 0 saturated carbocycles. The number of hydrogen-bond donors (Lipinski definition) is 1. The molecule has 0 unspecified atom stereocenters. The van der Waals surface area contributed by atoms with E-state index in [0.717, 1.165) is 28.6 Å². The average molecular weight is 353 g/mol. The Hall–Kier alpha value is -3.02. The van der Waals surface area contributed by atoms with E-state index < -0.39 is 0 Å². The molecule has 1 aliphatic rings. The number of anilines is 1. The second-order valence-corrected chi connectivity index (χ2v) is 6.45. The molecule has 0 bridgehead atoms. The van der Waals surface area contributed by atoms with E-state index in [1.807, 2.05) is 19.2 Å². The first-order valence-electron chi connectivity index (χ1n) is 8.53. The van der Waals surface area contributed by atoms with Crippen molar-refractivity contribution < 1.29 is 13.9 Å². The molecule has 4 rings (SSSR count). The van der Waals surface area contributed by atoms with Crippen molar-refractivity contribution in [3.63, 3.8) is 0 Å². The zero-order valence-electron chi connectivity index (χ0n) is 14.8. The van der Waals surface area contributed by atoms with Crippen molar-refractivity contribution in [2.45, 2.75) is 13.0 Å². The van der Waals surface area contributed by atoms with Crippen LogP contribution in [0.4, 0.5) is 14.9 Å². The monoisotopic (exact) mass is 353 g/mol. The summed E-state index contributed by atoms with van der Waals surface area (Å²) >= 11 is 0. The summed E-state index contributed by atoms with van der Waals surface area (Å²) in [5, 5.41) is 3.78. The van der Waals surface area contributed by atoms with Crippen LogP contribution in [0.5, 0.6) is 5.75 Å². The van der Waals surface area contributed by atoms with Gasteiger partial charge >= 0.3 is 6.03 Å². The SMILES string of the molecule is COc1ccccc1NC(=O)N1CCc2c(c3cc(F)ccc3n2C)C1. The predicted octanol–water partition coefficient (Wildman–Crippen LogP) is 3.92. The number of methoxy groups -OCH3 is 1. The van der Waals surface area contributed by atoms with E-state index in [1.165, 1.54) is 6.07 Å². The third-order valence-electron chi connectivity index (χ3n) is 5.00. The molecular formula is C20H20FN3O2. The zero-order valence-corrected chi connectivity index (χ0v) is 14.8. The maximum absolute atomic E-state index is 13.7. The molecule has 5 nitrogen and oxygen atoms in total. The van der Waals surface area contributed by atoms with Crippen LogP contribution in [0.15, 0.2) is 42.5 Å². The fraction of sp³-hybridized carbons (Fsp3) is 0.250. The highest BCUT2D eigenvalue weighted by Crippen LogP contribution is 2.31. The van der Waals surface area contributed by atoms with E-state index in [1.54, 1.807) is 36.3 Å². The van der Waals surface area contributed by atoms with Gasteiger partial charge in [-0.1, -0.05) is 12.1 Å². The molecule has 2 aromatic carbocycles. The van der Waals surface area contributed by atoms with Crippen molar-refractivity contribution in [2.75, 3.05) is 19.0 Å². The Morgan fingerprint density at radius 1 is 1.23 bits per heavy atom. The number of nitrogens with zero attached hydrogens (tertiary/aromatic N) is 2. The minimum atomic E-state index is -0.263. The van der Waals surface area contributed by atoms with Crippen LogP contribution < -0.4 is 10.1 Å². The normalized spacial score (nSPS) is 13.6. The Balaban J connectivity index is 1.62. The number of para-hydroxylation sites is 2. The average Bonchev–Trinajstić information content (AvgIpc) is 2.93. The van der Waals surface area contributed by atoms with Gasteiger partial charge in [-0.3, -0.25) is 0 Å². The molecule has 3 aromatic rings. The number of nitrogens with one attached hydrogen (secondary N) is 1. The van der Waals surface area contributed by atoms with E-state index in [9.17, 15) is 9.18 Å². The molecule has 0 atom stereocenters. The molecule has 2 heterocycles. The van der Waals surface area contributed by atoms with E-state index in [0.29, 0.717) is 24.5 Å². The highest BCUT2D eigenvalue weighted by molar-refractivity contribution is 5.92. The first kappa shape index (κ1) is 16.4.